The summed E-state index contributed by atoms with van der Waals surface area (Å²) in [5, 5.41) is 2.87. The van der Waals surface area contributed by atoms with Gasteiger partial charge in [0, 0.05) is 6.54 Å². The Labute approximate surface area is 220 Å². The topological polar surface area (TPSA) is 84.9 Å². The van der Waals surface area contributed by atoms with Crippen molar-refractivity contribution in [1.29, 1.82) is 0 Å². The van der Waals surface area contributed by atoms with Gasteiger partial charge in [-0.25, -0.2) is 8.42 Å². The first-order valence-electron chi connectivity index (χ1n) is 12.5. The number of nitrogens with one attached hydrogen (secondary N) is 1. The Kier molecular flexibility index (Phi) is 9.97. The Morgan fingerprint density at radius 2 is 1.73 bits per heavy atom. The summed E-state index contributed by atoms with van der Waals surface area (Å²) >= 11 is 0. The zero-order valence-electron chi connectivity index (χ0n) is 21.9. The van der Waals surface area contributed by atoms with E-state index < -0.39 is 10.0 Å². The molecule has 0 aliphatic carbocycles. The first kappa shape index (κ1) is 28.1. The van der Waals surface area contributed by atoms with Gasteiger partial charge in [-0.15, -0.1) is 0 Å². The van der Waals surface area contributed by atoms with Gasteiger partial charge in [0.25, 0.3) is 10.0 Å². The van der Waals surface area contributed by atoms with E-state index in [9.17, 15) is 13.2 Å². The third-order valence-corrected chi connectivity index (χ3v) is 7.34. The molecule has 0 radical (unpaired) electrons. The minimum atomic E-state index is -4.02. The summed E-state index contributed by atoms with van der Waals surface area (Å²) in [6.07, 6.45) is 1.56. The Balaban J connectivity index is 1.71. The zero-order valence-corrected chi connectivity index (χ0v) is 22.8. The van der Waals surface area contributed by atoms with E-state index in [0.29, 0.717) is 31.0 Å². The van der Waals surface area contributed by atoms with Crippen LogP contribution in [-0.2, 0) is 21.2 Å². The van der Waals surface area contributed by atoms with Crippen LogP contribution in [0, 0.1) is 6.92 Å². The van der Waals surface area contributed by atoms with Crippen molar-refractivity contribution in [3.8, 4) is 11.5 Å². The molecule has 0 bridgehead atoms. The van der Waals surface area contributed by atoms with Gasteiger partial charge in [0.15, 0.2) is 0 Å². The number of anilines is 1. The number of rotatable bonds is 13. The molecule has 0 aliphatic heterocycles. The second-order valence-corrected chi connectivity index (χ2v) is 10.9. The minimum Gasteiger partial charge on any atom is -0.492 e. The van der Waals surface area contributed by atoms with Crippen molar-refractivity contribution >= 4 is 21.6 Å². The molecule has 1 N–H and O–H groups in total. The van der Waals surface area contributed by atoms with E-state index in [0.717, 1.165) is 27.6 Å². The maximum Gasteiger partial charge on any atom is 0.264 e. The van der Waals surface area contributed by atoms with Gasteiger partial charge in [0.2, 0.25) is 5.91 Å². The van der Waals surface area contributed by atoms with E-state index in [1.54, 1.807) is 48.5 Å². The van der Waals surface area contributed by atoms with Gasteiger partial charge in [-0.2, -0.15) is 0 Å². The van der Waals surface area contributed by atoms with Crippen molar-refractivity contribution in [2.24, 2.45) is 0 Å². The highest BCUT2D eigenvalue weighted by Gasteiger charge is 2.29. The molecule has 0 saturated heterocycles. The van der Waals surface area contributed by atoms with Crippen molar-refractivity contribution in [2.75, 3.05) is 24.0 Å². The van der Waals surface area contributed by atoms with Crippen LogP contribution >= 0.6 is 0 Å². The lowest BCUT2D eigenvalue weighted by Gasteiger charge is -2.26. The highest BCUT2D eigenvalue weighted by Crippen LogP contribution is 2.32. The quantitative estimate of drug-likeness (QED) is 0.314. The summed E-state index contributed by atoms with van der Waals surface area (Å²) < 4.78 is 39.8. The molecule has 0 unspecified atom stereocenters. The molecule has 7 nitrogen and oxygen atoms in total. The predicted molar refractivity (Wildman–Crippen MR) is 147 cm³/mol. The van der Waals surface area contributed by atoms with Crippen LogP contribution in [0.4, 0.5) is 5.69 Å². The minimum absolute atomic E-state index is 0.0986. The number of ether oxygens (including phenoxy) is 2. The first-order chi connectivity index (χ1) is 17.7. The third kappa shape index (κ3) is 7.98. The SMILES string of the molecule is CCOc1ccccc1N(CC(=O)NCCCc1cccc(OC(C)C)c1)S(=O)(=O)c1ccc(C)cc1. The molecule has 0 heterocycles. The zero-order chi connectivity index (χ0) is 26.8. The van der Waals surface area contributed by atoms with Crippen molar-refractivity contribution in [1.82, 2.24) is 5.32 Å². The van der Waals surface area contributed by atoms with Gasteiger partial charge in [0.05, 0.1) is 23.3 Å². The number of benzene rings is 3. The van der Waals surface area contributed by atoms with Crippen LogP contribution in [0.25, 0.3) is 0 Å². The van der Waals surface area contributed by atoms with E-state index in [1.165, 1.54) is 0 Å². The molecule has 0 aromatic heterocycles. The Morgan fingerprint density at radius 3 is 2.43 bits per heavy atom. The standard InChI is InChI=1S/C29H36N2O5S/c1-5-35-28-14-7-6-13-27(28)31(37(33,34)26-17-15-23(4)16-18-26)21-29(32)30-19-9-11-24-10-8-12-25(20-24)36-22(2)3/h6-8,10,12-18,20,22H,5,9,11,19,21H2,1-4H3,(H,30,32). The van der Waals surface area contributed by atoms with Gasteiger partial charge in [-0.3, -0.25) is 9.10 Å². The molecule has 0 atom stereocenters. The van der Waals surface area contributed by atoms with Crippen molar-refractivity contribution < 1.29 is 22.7 Å². The van der Waals surface area contributed by atoms with Crippen LogP contribution in [0.2, 0.25) is 0 Å². The van der Waals surface area contributed by atoms with Crippen LogP contribution in [-0.4, -0.2) is 40.1 Å². The van der Waals surface area contributed by atoms with Gasteiger partial charge < -0.3 is 14.8 Å². The lowest BCUT2D eigenvalue weighted by molar-refractivity contribution is -0.119. The van der Waals surface area contributed by atoms with E-state index in [2.05, 4.69) is 5.32 Å². The third-order valence-electron chi connectivity index (χ3n) is 5.56. The molecule has 3 aromatic rings. The molecular weight excluding hydrogens is 488 g/mol. The number of amides is 1. The number of hydrogen-bond acceptors (Lipinski definition) is 5. The van der Waals surface area contributed by atoms with E-state index in [4.69, 9.17) is 9.47 Å². The van der Waals surface area contributed by atoms with E-state index >= 15 is 0 Å². The van der Waals surface area contributed by atoms with Crippen LogP contribution < -0.4 is 19.1 Å². The predicted octanol–water partition coefficient (Wildman–Crippen LogP) is 5.13. The summed E-state index contributed by atoms with van der Waals surface area (Å²) in [6, 6.07) is 21.3. The van der Waals surface area contributed by atoms with Crippen molar-refractivity contribution in [3.05, 3.63) is 83.9 Å². The van der Waals surface area contributed by atoms with Gasteiger partial charge in [-0.1, -0.05) is 42.0 Å². The average Bonchev–Trinajstić information content (AvgIpc) is 2.86. The summed E-state index contributed by atoms with van der Waals surface area (Å²) in [6.45, 7) is 8.10. The largest absolute Gasteiger partial charge is 0.492 e. The molecule has 0 fully saturated rings. The molecule has 3 rings (SSSR count). The summed E-state index contributed by atoms with van der Waals surface area (Å²) in [7, 11) is -4.02. The van der Waals surface area contributed by atoms with Crippen LogP contribution in [0.15, 0.2) is 77.7 Å². The van der Waals surface area contributed by atoms with Gasteiger partial charge in [-0.05, 0) is 82.5 Å². The molecule has 3 aromatic carbocycles. The molecule has 0 saturated carbocycles. The van der Waals surface area contributed by atoms with Crippen molar-refractivity contribution in [2.45, 2.75) is 51.5 Å². The van der Waals surface area contributed by atoms with E-state index in [-0.39, 0.29) is 23.5 Å². The number of aryl methyl sites for hydroxylation is 2. The number of carbonyl (C=O) groups is 1. The van der Waals surface area contributed by atoms with Crippen LogP contribution in [0.5, 0.6) is 11.5 Å². The molecular formula is C29H36N2O5S. The summed E-state index contributed by atoms with van der Waals surface area (Å²) in [4.78, 5) is 13.0. The lowest BCUT2D eigenvalue weighted by Crippen LogP contribution is -2.41. The first-order valence-corrected chi connectivity index (χ1v) is 14.0. The molecule has 8 heteroatoms. The molecule has 37 heavy (non-hydrogen) atoms. The Hall–Kier alpha value is -3.52. The highest BCUT2D eigenvalue weighted by atomic mass is 32.2. The second kappa shape index (κ2) is 13.1. The normalized spacial score (nSPS) is 11.3. The monoisotopic (exact) mass is 524 g/mol. The molecule has 1 amide bonds. The van der Waals surface area contributed by atoms with Gasteiger partial charge >= 0.3 is 0 Å². The average molecular weight is 525 g/mol. The molecule has 198 valence electrons. The maximum absolute atomic E-state index is 13.6. The Morgan fingerprint density at radius 1 is 1.00 bits per heavy atom. The maximum atomic E-state index is 13.6. The smallest absolute Gasteiger partial charge is 0.264 e. The summed E-state index contributed by atoms with van der Waals surface area (Å²) in [5.74, 6) is 0.831. The lowest BCUT2D eigenvalue weighted by atomic mass is 10.1. The van der Waals surface area contributed by atoms with Crippen LogP contribution in [0.1, 0.15) is 38.3 Å². The fourth-order valence-corrected chi connectivity index (χ4v) is 5.26. The number of nitrogens with zero attached hydrogens (tertiary/aromatic N) is 1. The second-order valence-electron chi connectivity index (χ2n) is 8.99. The fourth-order valence-electron chi connectivity index (χ4n) is 3.83. The summed E-state index contributed by atoms with van der Waals surface area (Å²) in [5.41, 5.74) is 2.38. The number of sulfonamides is 1. The number of carbonyl (C=O) groups excluding carboxylic acids is 1. The van der Waals surface area contributed by atoms with Crippen LogP contribution in [0.3, 0.4) is 0 Å². The number of hydrogen-bond donors (Lipinski definition) is 1. The Bertz CT molecular complexity index is 1270. The van der Waals surface area contributed by atoms with Crippen molar-refractivity contribution in [3.63, 3.8) is 0 Å². The highest BCUT2D eigenvalue weighted by molar-refractivity contribution is 7.92. The van der Waals surface area contributed by atoms with E-state index in [1.807, 2.05) is 52.0 Å². The number of para-hydroxylation sites is 2. The van der Waals surface area contributed by atoms with Gasteiger partial charge in [0.1, 0.15) is 18.0 Å². The molecule has 0 spiro atoms. The molecule has 0 aliphatic rings. The fraction of sp³-hybridized carbons (Fsp3) is 0.345.